The van der Waals surface area contributed by atoms with Crippen LogP contribution in [0.2, 0.25) is 0 Å². The second-order valence-corrected chi connectivity index (χ2v) is 32.3. The maximum Gasteiger partial charge on any atom is 0.310 e. The Bertz CT molecular complexity index is 1840. The number of esters is 1. The van der Waals surface area contributed by atoms with E-state index >= 15 is 0 Å². The van der Waals surface area contributed by atoms with Gasteiger partial charge < -0.3 is 34.8 Å². The number of ketones is 2. The highest BCUT2D eigenvalue weighted by atomic mass is 19.3. The third-order valence-corrected chi connectivity index (χ3v) is 11.1. The minimum Gasteiger partial charge on any atom is -0.469 e. The van der Waals surface area contributed by atoms with Crippen molar-refractivity contribution in [2.45, 2.75) is 280 Å². The summed E-state index contributed by atoms with van der Waals surface area (Å²) in [5.41, 5.74) is -1.75. The number of hydrogen-bond donors (Lipinski definition) is 2. The molecular weight excluding hydrogens is 1150 g/mol. The van der Waals surface area contributed by atoms with Crippen LogP contribution >= 0.6 is 0 Å². The van der Waals surface area contributed by atoms with Crippen LogP contribution in [-0.2, 0) is 47.8 Å². The van der Waals surface area contributed by atoms with Gasteiger partial charge in [0.15, 0.2) is 0 Å². The summed E-state index contributed by atoms with van der Waals surface area (Å²) in [5.74, 6) is -1.06. The Hall–Kier alpha value is -4.16. The summed E-state index contributed by atoms with van der Waals surface area (Å²) in [6, 6.07) is 0. The molecule has 2 N–H and O–H groups in total. The molecule has 1 heterocycles. The Morgan fingerprint density at radius 3 is 1.02 bits per heavy atom. The van der Waals surface area contributed by atoms with E-state index in [0.717, 1.165) is 39.6 Å². The van der Waals surface area contributed by atoms with E-state index in [4.69, 9.17) is 4.74 Å². The fraction of sp³-hybridized carbons (Fsp3) is 0.886. The van der Waals surface area contributed by atoms with E-state index in [1.165, 1.54) is 18.9 Å². The zero-order valence-electron chi connectivity index (χ0n) is 64.9. The van der Waals surface area contributed by atoms with Crippen LogP contribution in [0.25, 0.3) is 0 Å². The molecule has 0 atom stereocenters. The number of methoxy groups -OCH3 is 1. The van der Waals surface area contributed by atoms with Gasteiger partial charge in [-0.2, -0.15) is 0 Å². The van der Waals surface area contributed by atoms with Crippen LogP contribution in [-0.4, -0.2) is 148 Å². The second-order valence-electron chi connectivity index (χ2n) is 32.3. The van der Waals surface area contributed by atoms with Gasteiger partial charge >= 0.3 is 5.97 Å². The molecule has 1 aliphatic heterocycles. The lowest BCUT2D eigenvalue weighted by Gasteiger charge is -2.29. The molecular formula is C70H143F4N5O10. The van der Waals surface area contributed by atoms with Gasteiger partial charge in [-0.15, -0.1) is 0 Å². The molecule has 5 amide bonds. The first-order chi connectivity index (χ1) is 39.0. The average molecular weight is 1290 g/mol. The van der Waals surface area contributed by atoms with Gasteiger partial charge in [-0.25, -0.2) is 17.6 Å². The van der Waals surface area contributed by atoms with Crippen LogP contribution in [0, 0.1) is 54.7 Å². The van der Waals surface area contributed by atoms with Gasteiger partial charge in [-0.3, -0.25) is 38.4 Å². The Labute approximate surface area is 545 Å². The van der Waals surface area contributed by atoms with Gasteiger partial charge in [-0.1, -0.05) is 187 Å². The summed E-state index contributed by atoms with van der Waals surface area (Å²) in [6.07, 6.45) is -0.918. The Morgan fingerprint density at radius 2 is 0.933 bits per heavy atom. The molecule has 0 bridgehead atoms. The maximum absolute atomic E-state index is 12.2. The van der Waals surface area contributed by atoms with Crippen LogP contribution in [0.4, 0.5) is 17.6 Å². The average Bonchev–Trinajstić information content (AvgIpc) is 3.41. The van der Waals surface area contributed by atoms with Crippen molar-refractivity contribution < 1.29 is 65.4 Å². The van der Waals surface area contributed by atoms with E-state index in [1.807, 2.05) is 197 Å². The van der Waals surface area contributed by atoms with Crippen LogP contribution in [0.15, 0.2) is 0 Å². The number of nitrogens with zero attached hydrogens (tertiary/aromatic N) is 3. The zero-order valence-corrected chi connectivity index (χ0v) is 64.9. The molecule has 0 unspecified atom stereocenters. The summed E-state index contributed by atoms with van der Waals surface area (Å²) >= 11 is 0. The minimum atomic E-state index is -2.52. The highest BCUT2D eigenvalue weighted by molar-refractivity contribution is 5.85. The van der Waals surface area contributed by atoms with Gasteiger partial charge in [0.1, 0.15) is 11.6 Å². The fourth-order valence-electron chi connectivity index (χ4n) is 6.26. The molecule has 15 nitrogen and oxygen atoms in total. The predicted octanol–water partition coefficient (Wildman–Crippen LogP) is 16.5. The molecule has 0 aromatic heterocycles. The van der Waals surface area contributed by atoms with E-state index in [9.17, 15) is 55.9 Å². The number of alkyl halides is 4. The van der Waals surface area contributed by atoms with Gasteiger partial charge in [0.05, 0.1) is 25.7 Å². The molecule has 536 valence electrons. The van der Waals surface area contributed by atoms with Crippen molar-refractivity contribution in [1.82, 2.24) is 25.3 Å². The smallest absolute Gasteiger partial charge is 0.310 e. The number of carbonyl (C=O) groups excluding carboxylic acids is 8. The monoisotopic (exact) mass is 1290 g/mol. The normalized spacial score (nSPS) is 12.6. The summed E-state index contributed by atoms with van der Waals surface area (Å²) in [7, 11) is 6.49. The fourth-order valence-corrected chi connectivity index (χ4v) is 6.26. The van der Waals surface area contributed by atoms with E-state index in [1.54, 1.807) is 41.9 Å². The molecule has 0 saturated carbocycles. The third kappa shape index (κ3) is 78.0. The van der Waals surface area contributed by atoms with E-state index in [0.29, 0.717) is 37.6 Å². The quantitative estimate of drug-likeness (QED) is 0.175. The van der Waals surface area contributed by atoms with E-state index < -0.39 is 12.3 Å². The van der Waals surface area contributed by atoms with Gasteiger partial charge in [-0.05, 0) is 64.7 Å². The highest BCUT2D eigenvalue weighted by Crippen LogP contribution is 2.30. The van der Waals surface area contributed by atoms with Crippen LogP contribution < -0.4 is 10.6 Å². The summed E-state index contributed by atoms with van der Waals surface area (Å²) < 4.78 is 57.2. The minimum absolute atomic E-state index is 0.00694. The molecule has 1 fully saturated rings. The summed E-state index contributed by atoms with van der Waals surface area (Å²) in [6.45, 7) is 70.9. The lowest BCUT2D eigenvalue weighted by Crippen LogP contribution is -2.41. The van der Waals surface area contributed by atoms with E-state index in [-0.39, 0.29) is 103 Å². The first-order valence-electron chi connectivity index (χ1n) is 31.6. The number of hydrogen-bond acceptors (Lipinski definition) is 10. The molecule has 0 radical (unpaired) electrons. The van der Waals surface area contributed by atoms with Crippen molar-refractivity contribution in [2.24, 2.45) is 54.7 Å². The number of morpholine rings is 1. The zero-order chi connectivity index (χ0) is 74.1. The molecule has 0 aliphatic carbocycles. The van der Waals surface area contributed by atoms with Crippen molar-refractivity contribution in [3.63, 3.8) is 0 Å². The molecule has 1 aliphatic rings. The topological polar surface area (TPSA) is 189 Å². The first kappa shape index (κ1) is 104. The van der Waals surface area contributed by atoms with Gasteiger partial charge in [0, 0.05) is 119 Å². The number of Topliss-reactive ketones (excluding diaryl/α,β-unsaturated/α-hetero) is 2. The predicted molar refractivity (Wildman–Crippen MR) is 365 cm³/mol. The van der Waals surface area contributed by atoms with Crippen molar-refractivity contribution >= 4 is 47.1 Å². The largest absolute Gasteiger partial charge is 0.469 e. The molecule has 1 rings (SSSR count). The number of nitrogens with one attached hydrogen (secondary N) is 2. The Balaban J connectivity index is -0.000000115. The van der Waals surface area contributed by atoms with Crippen molar-refractivity contribution in [2.75, 3.05) is 74.2 Å². The maximum atomic E-state index is 12.2. The van der Waals surface area contributed by atoms with Gasteiger partial charge in [0.25, 0.3) is 0 Å². The summed E-state index contributed by atoms with van der Waals surface area (Å²) in [4.78, 5) is 92.9. The molecule has 89 heavy (non-hydrogen) atoms. The van der Waals surface area contributed by atoms with Gasteiger partial charge in [0.2, 0.25) is 41.9 Å². The third-order valence-electron chi connectivity index (χ3n) is 11.1. The number of rotatable bonds is 8. The van der Waals surface area contributed by atoms with Crippen molar-refractivity contribution in [1.29, 1.82) is 0 Å². The SMILES string of the molecule is CC(=O)N(C)C.CC(C)(C)CC(=O)N1CCOCC1.CC(C)(C)CC(C)(F)F.CC(C)(C)CC(F)F.CC(C)C(=O)C(C)(C)C.CCC(=O)C(C)(C)C.CCN(CC)C(=O)C(C)(C)C.CCNC(=O)C(C)(C)C.CNC(=O)C(C)(C)C.COC(=O)C(C)(C)C. The van der Waals surface area contributed by atoms with E-state index in [2.05, 4.69) is 36.1 Å². The molecule has 0 aromatic carbocycles. The van der Waals surface area contributed by atoms with Crippen LogP contribution in [0.3, 0.4) is 0 Å². The molecule has 1 saturated heterocycles. The lowest BCUT2D eigenvalue weighted by atomic mass is 9.85. The van der Waals surface area contributed by atoms with Crippen LogP contribution in [0.5, 0.6) is 0 Å². The number of halogens is 4. The highest BCUT2D eigenvalue weighted by Gasteiger charge is 2.29. The first-order valence-corrected chi connectivity index (χ1v) is 31.6. The number of ether oxygens (including phenoxy) is 2. The number of amides is 5. The summed E-state index contributed by atoms with van der Waals surface area (Å²) in [5, 5.41) is 5.31. The van der Waals surface area contributed by atoms with Crippen molar-refractivity contribution in [3.05, 3.63) is 0 Å². The molecule has 0 spiro atoms. The van der Waals surface area contributed by atoms with Crippen molar-refractivity contribution in [3.8, 4) is 0 Å². The molecule has 0 aromatic rings. The Morgan fingerprint density at radius 1 is 0.562 bits per heavy atom. The number of carbonyl (C=O) groups is 8. The lowest BCUT2D eigenvalue weighted by molar-refractivity contribution is -0.149. The molecule has 19 heteroatoms. The second kappa shape index (κ2) is 47.7. The van der Waals surface area contributed by atoms with Crippen LogP contribution in [0.1, 0.15) is 268 Å². The Kier molecular flexibility index (Phi) is 55.6. The standard InChI is InChI=1S/C10H19NO2.C9H19NO.C8H16O.C7H14F2.C7H15NO.C7H14O.C6H12F2.C6H13NO.C6H12O2.C4H9NO/c1-10(2,3)8-9(12)11-4-6-13-7-5-11;1-6-10(7-2)8(11)9(3,4)5;1-6(2)7(9)8(3,4)5;1-6(2,3)5-7(4,8)9;1-5-8-6(9)7(2,3)4;1-5-6(8)7(2,3)4;1-6(2,3)4-5(7)8;1-6(2,3)5(8)7-4;1-6(2,3)5(7)8-4;1-4(6)5(2)3/h4-8H2,1-3H3;6-7H2,1-5H3;6H,1-5H3;5H2,1-4H3;5H2,1-4H3,(H,8,9);5H2,1-4H3;5H,4H2,1-3H3;1-4H3,(H,7,8);1-4H3;1-3H3.